The molecule has 0 N–H and O–H groups in total. The minimum absolute atomic E-state index is 0.568. The second-order valence-corrected chi connectivity index (χ2v) is 19.2. The van der Waals surface area contributed by atoms with Gasteiger partial charge in [-0.25, -0.2) is 0 Å². The lowest BCUT2D eigenvalue weighted by Gasteiger charge is -2.50. The molecule has 2 nitrogen and oxygen atoms in total. The Labute approximate surface area is 421 Å². The maximum atomic E-state index is 2.47. The van der Waals surface area contributed by atoms with Crippen LogP contribution in [-0.4, -0.2) is 0 Å². The zero-order valence-corrected chi connectivity index (χ0v) is 39.6. The predicted octanol–water partition coefficient (Wildman–Crippen LogP) is 18.0. The molecule has 12 aromatic rings. The molecule has 338 valence electrons. The summed E-state index contributed by atoms with van der Waals surface area (Å²) in [4.78, 5) is 4.84. The van der Waals surface area contributed by atoms with Gasteiger partial charge >= 0.3 is 0 Å². The Kier molecular flexibility index (Phi) is 9.69. The van der Waals surface area contributed by atoms with Crippen molar-refractivity contribution in [3.63, 3.8) is 0 Å². The van der Waals surface area contributed by atoms with E-state index in [2.05, 4.69) is 301 Å². The third-order valence-electron chi connectivity index (χ3n) is 15.5. The molecule has 0 aromatic heterocycles. The summed E-state index contributed by atoms with van der Waals surface area (Å²) in [5.41, 5.74) is 17.9. The topological polar surface area (TPSA) is 6.48 Å². The summed E-state index contributed by atoms with van der Waals surface area (Å²) < 4.78 is 0. The van der Waals surface area contributed by atoms with Gasteiger partial charge in [0.2, 0.25) is 0 Å². The minimum Gasteiger partial charge on any atom is -0.310 e. The molecule has 14 rings (SSSR count). The third-order valence-corrected chi connectivity index (χ3v) is 15.5. The number of rotatable bonds is 9. The molecule has 2 heteroatoms. The SMILES string of the molecule is c1ccc(N(c2cccc(C3(c4cccc(N(c5ccccc5)c5ccc6ccccc6c5)c4)c4ccccc4C4(c5ccccc5)c5ccccc5-c5cccc3c54)c2)c2ccc3ccccc3c2)cc1. The van der Waals surface area contributed by atoms with Crippen LogP contribution in [0.2, 0.25) is 0 Å². The van der Waals surface area contributed by atoms with Gasteiger partial charge in [0.15, 0.2) is 0 Å². The summed E-state index contributed by atoms with van der Waals surface area (Å²) in [6.45, 7) is 0. The number of benzene rings is 12. The summed E-state index contributed by atoms with van der Waals surface area (Å²) in [6, 6.07) is 108. The van der Waals surface area contributed by atoms with Crippen molar-refractivity contribution in [2.45, 2.75) is 10.8 Å². The third kappa shape index (κ3) is 6.22. The van der Waals surface area contributed by atoms with Crippen LogP contribution in [0.1, 0.15) is 44.5 Å². The number of para-hydroxylation sites is 2. The van der Waals surface area contributed by atoms with E-state index in [1.54, 1.807) is 0 Å². The fourth-order valence-corrected chi connectivity index (χ4v) is 12.6. The van der Waals surface area contributed by atoms with Gasteiger partial charge in [-0.15, -0.1) is 0 Å². The molecule has 0 radical (unpaired) electrons. The second kappa shape index (κ2) is 16.7. The van der Waals surface area contributed by atoms with E-state index in [1.165, 1.54) is 77.2 Å². The largest absolute Gasteiger partial charge is 0.310 e. The molecule has 0 bridgehead atoms. The molecule has 1 unspecified atom stereocenters. The summed E-state index contributed by atoms with van der Waals surface area (Å²) >= 11 is 0. The normalized spacial score (nSPS) is 14.8. The lowest BCUT2D eigenvalue weighted by molar-refractivity contribution is 0.627. The monoisotopic (exact) mass is 916 g/mol. The molecule has 0 saturated carbocycles. The van der Waals surface area contributed by atoms with Crippen molar-refractivity contribution in [2.75, 3.05) is 9.80 Å². The van der Waals surface area contributed by atoms with Gasteiger partial charge in [0, 0.05) is 34.1 Å². The van der Waals surface area contributed by atoms with Crippen molar-refractivity contribution >= 4 is 55.7 Å². The van der Waals surface area contributed by atoms with Crippen LogP contribution in [0.4, 0.5) is 34.1 Å². The standard InChI is InChI=1S/C70H48N2/c1-4-25-53(26-5-1)70-64-37-15-14-35-62(64)63-36-20-40-67(68(63)70)69(65-38-16-17-39-66(65)70,54-27-18-33-58(47-54)71(56-29-6-2-7-30-56)60-43-41-49-21-10-12-23-51(49)45-60)55-28-19-34-59(48-55)72(57-31-8-3-9-32-57)61-44-42-50-22-11-13-24-52(50)46-61/h1-48H. The number of fused-ring (bicyclic) bond motifs is 7. The van der Waals surface area contributed by atoms with E-state index < -0.39 is 10.8 Å². The van der Waals surface area contributed by atoms with Crippen molar-refractivity contribution in [1.82, 2.24) is 0 Å². The van der Waals surface area contributed by atoms with Gasteiger partial charge in [0.05, 0.1) is 10.8 Å². The summed E-state index contributed by atoms with van der Waals surface area (Å²) in [7, 11) is 0. The molecular weight excluding hydrogens is 869 g/mol. The highest BCUT2D eigenvalue weighted by atomic mass is 15.1. The molecule has 72 heavy (non-hydrogen) atoms. The Balaban J connectivity index is 1.09. The Morgan fingerprint density at radius 3 is 1.14 bits per heavy atom. The molecule has 1 atom stereocenters. The van der Waals surface area contributed by atoms with Gasteiger partial charge in [0.1, 0.15) is 0 Å². The first kappa shape index (κ1) is 41.7. The van der Waals surface area contributed by atoms with Crippen molar-refractivity contribution in [1.29, 1.82) is 0 Å². The number of hydrogen-bond donors (Lipinski definition) is 0. The van der Waals surface area contributed by atoms with Crippen LogP contribution in [0, 0.1) is 0 Å². The highest BCUT2D eigenvalue weighted by molar-refractivity contribution is 5.94. The van der Waals surface area contributed by atoms with Crippen LogP contribution >= 0.6 is 0 Å². The zero-order chi connectivity index (χ0) is 47.6. The van der Waals surface area contributed by atoms with Crippen molar-refractivity contribution in [3.05, 3.63) is 336 Å². The molecule has 0 aliphatic heterocycles. The molecular formula is C70H48N2. The quantitative estimate of drug-likeness (QED) is 0.142. The Bertz CT molecular complexity index is 3840. The van der Waals surface area contributed by atoms with E-state index in [9.17, 15) is 0 Å². The van der Waals surface area contributed by atoms with E-state index in [0.29, 0.717) is 0 Å². The molecule has 0 fully saturated rings. The summed E-state index contributed by atoms with van der Waals surface area (Å²) in [5.74, 6) is 0. The van der Waals surface area contributed by atoms with Crippen LogP contribution in [-0.2, 0) is 10.8 Å². The van der Waals surface area contributed by atoms with Crippen molar-refractivity contribution < 1.29 is 0 Å². The summed E-state index contributed by atoms with van der Waals surface area (Å²) in [5, 5.41) is 4.84. The molecule has 0 saturated heterocycles. The van der Waals surface area contributed by atoms with E-state index in [-0.39, 0.29) is 0 Å². The second-order valence-electron chi connectivity index (χ2n) is 19.2. The maximum absolute atomic E-state index is 2.47. The van der Waals surface area contributed by atoms with E-state index in [4.69, 9.17) is 0 Å². The molecule has 0 heterocycles. The maximum Gasteiger partial charge on any atom is 0.0720 e. The van der Waals surface area contributed by atoms with Gasteiger partial charge in [-0.1, -0.05) is 218 Å². The first-order valence-electron chi connectivity index (χ1n) is 25.0. The zero-order valence-electron chi connectivity index (χ0n) is 39.6. The number of hydrogen-bond acceptors (Lipinski definition) is 2. The van der Waals surface area contributed by atoms with Gasteiger partial charge in [-0.05, 0) is 150 Å². The Morgan fingerprint density at radius 1 is 0.208 bits per heavy atom. The van der Waals surface area contributed by atoms with E-state index in [1.807, 2.05) is 0 Å². The predicted molar refractivity (Wildman–Crippen MR) is 300 cm³/mol. The molecule has 0 spiro atoms. The summed E-state index contributed by atoms with van der Waals surface area (Å²) in [6.07, 6.45) is 0. The first-order chi connectivity index (χ1) is 35.7. The molecule has 2 aliphatic rings. The van der Waals surface area contributed by atoms with E-state index >= 15 is 0 Å². The highest BCUT2D eigenvalue weighted by Gasteiger charge is 2.57. The average Bonchev–Trinajstić information content (AvgIpc) is 3.77. The smallest absolute Gasteiger partial charge is 0.0720 e. The lowest BCUT2D eigenvalue weighted by Crippen LogP contribution is -2.44. The first-order valence-corrected chi connectivity index (χ1v) is 25.0. The molecule has 12 aromatic carbocycles. The van der Waals surface area contributed by atoms with Crippen LogP contribution in [0.25, 0.3) is 32.7 Å². The Hall–Kier alpha value is -9.24. The van der Waals surface area contributed by atoms with Gasteiger partial charge in [-0.3, -0.25) is 0 Å². The fraction of sp³-hybridized carbons (Fsp3) is 0.0286. The molecule has 0 amide bonds. The van der Waals surface area contributed by atoms with Gasteiger partial charge < -0.3 is 9.80 Å². The Morgan fingerprint density at radius 2 is 0.583 bits per heavy atom. The molecule has 2 aliphatic carbocycles. The average molecular weight is 917 g/mol. The van der Waals surface area contributed by atoms with E-state index in [0.717, 1.165) is 34.1 Å². The van der Waals surface area contributed by atoms with Gasteiger partial charge in [0.25, 0.3) is 0 Å². The number of anilines is 6. The van der Waals surface area contributed by atoms with Crippen molar-refractivity contribution in [2.24, 2.45) is 0 Å². The van der Waals surface area contributed by atoms with Crippen LogP contribution in [0.5, 0.6) is 0 Å². The highest BCUT2D eigenvalue weighted by Crippen LogP contribution is 2.66. The van der Waals surface area contributed by atoms with Crippen molar-refractivity contribution in [3.8, 4) is 11.1 Å². The van der Waals surface area contributed by atoms with Crippen LogP contribution in [0.15, 0.2) is 291 Å². The van der Waals surface area contributed by atoms with Crippen LogP contribution in [0.3, 0.4) is 0 Å². The fourth-order valence-electron chi connectivity index (χ4n) is 12.6. The number of nitrogens with zero attached hydrogens (tertiary/aromatic N) is 2. The van der Waals surface area contributed by atoms with Crippen LogP contribution < -0.4 is 9.80 Å². The lowest BCUT2D eigenvalue weighted by atomic mass is 9.51. The minimum atomic E-state index is -0.800. The van der Waals surface area contributed by atoms with Gasteiger partial charge in [-0.2, -0.15) is 0 Å².